The van der Waals surface area contributed by atoms with Crippen LogP contribution in [-0.4, -0.2) is 49.7 Å². The predicted molar refractivity (Wildman–Crippen MR) is 135 cm³/mol. The van der Waals surface area contributed by atoms with Crippen LogP contribution in [0.1, 0.15) is 68.3 Å². The first-order chi connectivity index (χ1) is 17.2. The first-order valence-electron chi connectivity index (χ1n) is 12.8. The molecule has 36 heavy (non-hydrogen) atoms. The van der Waals surface area contributed by atoms with E-state index < -0.39 is 5.92 Å². The van der Waals surface area contributed by atoms with Crippen LogP contribution < -0.4 is 5.32 Å². The van der Waals surface area contributed by atoms with Crippen molar-refractivity contribution in [3.8, 4) is 11.5 Å². The molecule has 3 heterocycles. The fraction of sp³-hybridized carbons (Fsp3) is 0.519. The Labute approximate surface area is 211 Å². The van der Waals surface area contributed by atoms with Crippen molar-refractivity contribution >= 4 is 17.5 Å². The zero-order valence-electron chi connectivity index (χ0n) is 21.6. The van der Waals surface area contributed by atoms with Gasteiger partial charge in [-0.15, -0.1) is 10.2 Å². The summed E-state index contributed by atoms with van der Waals surface area (Å²) in [5.41, 5.74) is 3.60. The van der Waals surface area contributed by atoms with E-state index in [1.165, 1.54) is 0 Å². The summed E-state index contributed by atoms with van der Waals surface area (Å²) in [6, 6.07) is 8.17. The monoisotopic (exact) mass is 490 g/mol. The number of carbonyl (C=O) groups excluding carboxylic acids is 2. The Morgan fingerprint density at radius 3 is 2.58 bits per heavy atom. The highest BCUT2D eigenvalue weighted by molar-refractivity contribution is 5.94. The Hall–Kier alpha value is -3.49. The van der Waals surface area contributed by atoms with E-state index in [-0.39, 0.29) is 23.8 Å². The van der Waals surface area contributed by atoms with Gasteiger partial charge in [0.2, 0.25) is 11.8 Å². The maximum atomic E-state index is 13.5. The second kappa shape index (κ2) is 9.52. The molecule has 2 aromatic heterocycles. The van der Waals surface area contributed by atoms with Crippen LogP contribution in [0.2, 0.25) is 0 Å². The molecule has 0 unspecified atom stereocenters. The van der Waals surface area contributed by atoms with Gasteiger partial charge in [-0.05, 0) is 44.2 Å². The van der Waals surface area contributed by atoms with Gasteiger partial charge < -0.3 is 19.3 Å². The van der Waals surface area contributed by atoms with Crippen molar-refractivity contribution in [2.75, 3.05) is 18.4 Å². The van der Waals surface area contributed by atoms with E-state index >= 15 is 0 Å². The summed E-state index contributed by atoms with van der Waals surface area (Å²) in [6.07, 6.45) is 2.85. The third kappa shape index (κ3) is 4.79. The van der Waals surface area contributed by atoms with Gasteiger partial charge in [-0.25, -0.2) is 0 Å². The zero-order valence-corrected chi connectivity index (χ0v) is 21.6. The molecule has 0 radical (unpaired) electrons. The molecule has 1 saturated carbocycles. The molecule has 2 fully saturated rings. The normalized spacial score (nSPS) is 19.8. The summed E-state index contributed by atoms with van der Waals surface area (Å²) in [7, 11) is 0. The van der Waals surface area contributed by atoms with Crippen LogP contribution in [0.25, 0.3) is 11.5 Å². The second-order valence-electron chi connectivity index (χ2n) is 10.7. The van der Waals surface area contributed by atoms with Crippen LogP contribution in [0.15, 0.2) is 28.8 Å². The van der Waals surface area contributed by atoms with Gasteiger partial charge in [0.25, 0.3) is 0 Å². The van der Waals surface area contributed by atoms with E-state index in [9.17, 15) is 9.59 Å². The highest BCUT2D eigenvalue weighted by Gasteiger charge is 2.44. The molecule has 1 aliphatic heterocycles. The number of nitrogens with zero attached hydrogens (tertiary/aromatic N) is 5. The third-order valence-corrected chi connectivity index (χ3v) is 7.11. The minimum absolute atomic E-state index is 0.0469. The van der Waals surface area contributed by atoms with Gasteiger partial charge in [-0.1, -0.05) is 36.7 Å². The van der Waals surface area contributed by atoms with Gasteiger partial charge in [0, 0.05) is 44.2 Å². The topological polar surface area (TPSA) is 106 Å². The summed E-state index contributed by atoms with van der Waals surface area (Å²) < 4.78 is 7.69. The average molecular weight is 491 g/mol. The molecule has 2 atom stereocenters. The van der Waals surface area contributed by atoms with Gasteiger partial charge in [-0.3, -0.25) is 9.59 Å². The molecule has 0 bridgehead atoms. The maximum absolute atomic E-state index is 13.5. The van der Waals surface area contributed by atoms with E-state index in [0.717, 1.165) is 47.7 Å². The summed E-state index contributed by atoms with van der Waals surface area (Å²) >= 11 is 0. The first kappa shape index (κ1) is 24.2. The first-order valence-corrected chi connectivity index (χ1v) is 12.8. The standard InChI is InChI=1S/C27H34N6O3/c1-15(2)10-20-12-24(31-36-20)26-30-29-25(33(26)19-7-8-19)21-13-32(18(5)34)14-22(21)27(35)28-23-9-6-16(3)11-17(23)4/h6,9,11-12,15,19,21-22H,7-8,10,13-14H2,1-5H3,(H,28,35)/t21-,22-/m1/s1. The molecule has 1 aliphatic carbocycles. The average Bonchev–Trinajstić information content (AvgIpc) is 3.20. The number of rotatable bonds is 7. The van der Waals surface area contributed by atoms with E-state index in [1.54, 1.807) is 11.8 Å². The number of amides is 2. The Morgan fingerprint density at radius 1 is 1.14 bits per heavy atom. The highest BCUT2D eigenvalue weighted by Crippen LogP contribution is 2.43. The van der Waals surface area contributed by atoms with Gasteiger partial charge in [0.15, 0.2) is 11.5 Å². The van der Waals surface area contributed by atoms with Crippen LogP contribution in [0.4, 0.5) is 5.69 Å². The van der Waals surface area contributed by atoms with Crippen LogP contribution in [-0.2, 0) is 16.0 Å². The molecule has 9 heteroatoms. The van der Waals surface area contributed by atoms with Crippen LogP contribution >= 0.6 is 0 Å². The number of anilines is 1. The summed E-state index contributed by atoms with van der Waals surface area (Å²) in [6.45, 7) is 10.6. The Morgan fingerprint density at radius 2 is 1.92 bits per heavy atom. The van der Waals surface area contributed by atoms with E-state index in [0.29, 0.717) is 30.5 Å². The molecule has 1 N–H and O–H groups in total. The quantitative estimate of drug-likeness (QED) is 0.530. The fourth-order valence-corrected chi connectivity index (χ4v) is 5.11. The van der Waals surface area contributed by atoms with Crippen molar-refractivity contribution in [1.82, 2.24) is 24.8 Å². The zero-order chi connectivity index (χ0) is 25.6. The number of hydrogen-bond acceptors (Lipinski definition) is 6. The number of aryl methyl sites for hydroxylation is 2. The van der Waals surface area contributed by atoms with Gasteiger partial charge in [0.05, 0.1) is 11.8 Å². The Bertz CT molecular complexity index is 1290. The van der Waals surface area contributed by atoms with E-state index in [1.807, 2.05) is 38.1 Å². The number of carbonyl (C=O) groups is 2. The Kier molecular flexibility index (Phi) is 6.40. The van der Waals surface area contributed by atoms with Gasteiger partial charge in [0.1, 0.15) is 11.6 Å². The lowest BCUT2D eigenvalue weighted by molar-refractivity contribution is -0.128. The van der Waals surface area contributed by atoms with Crippen molar-refractivity contribution in [1.29, 1.82) is 0 Å². The minimum Gasteiger partial charge on any atom is -0.361 e. The summed E-state index contributed by atoms with van der Waals surface area (Å²) in [5.74, 6) is 1.84. The molecule has 190 valence electrons. The number of hydrogen-bond donors (Lipinski definition) is 1. The summed E-state index contributed by atoms with van der Waals surface area (Å²) in [4.78, 5) is 27.6. The van der Waals surface area contributed by atoms with Crippen molar-refractivity contribution in [3.05, 3.63) is 47.0 Å². The maximum Gasteiger partial charge on any atom is 0.230 e. The number of nitrogens with one attached hydrogen (secondary N) is 1. The smallest absolute Gasteiger partial charge is 0.230 e. The molecule has 0 spiro atoms. The fourth-order valence-electron chi connectivity index (χ4n) is 5.11. The number of aromatic nitrogens is 4. The lowest BCUT2D eigenvalue weighted by Gasteiger charge is -2.19. The van der Waals surface area contributed by atoms with Gasteiger partial charge >= 0.3 is 0 Å². The molecular formula is C27H34N6O3. The molecule has 1 saturated heterocycles. The molecule has 2 aliphatic rings. The van der Waals surface area contributed by atoms with Crippen LogP contribution in [0, 0.1) is 25.7 Å². The molecule has 2 amide bonds. The lowest BCUT2D eigenvalue weighted by Crippen LogP contribution is -2.31. The second-order valence-corrected chi connectivity index (χ2v) is 10.7. The largest absolute Gasteiger partial charge is 0.361 e. The number of benzene rings is 1. The van der Waals surface area contributed by atoms with Crippen LogP contribution in [0.3, 0.4) is 0 Å². The SMILES string of the molecule is CC(=O)N1C[C@@H](C(=O)Nc2ccc(C)cc2C)[C@H](c2nnc(-c3cc(CC(C)C)on3)n2C2CC2)C1. The molecule has 3 aromatic rings. The van der Waals surface area contributed by atoms with Crippen molar-refractivity contribution < 1.29 is 14.1 Å². The van der Waals surface area contributed by atoms with Gasteiger partial charge in [-0.2, -0.15) is 0 Å². The highest BCUT2D eigenvalue weighted by atomic mass is 16.5. The van der Waals surface area contributed by atoms with Crippen molar-refractivity contribution in [2.24, 2.45) is 11.8 Å². The molecule has 5 rings (SSSR count). The number of likely N-dealkylation sites (tertiary alicyclic amines) is 1. The molecular weight excluding hydrogens is 456 g/mol. The predicted octanol–water partition coefficient (Wildman–Crippen LogP) is 4.28. The van der Waals surface area contributed by atoms with Crippen molar-refractivity contribution in [3.63, 3.8) is 0 Å². The minimum atomic E-state index is -0.432. The molecule has 1 aromatic carbocycles. The van der Waals surface area contributed by atoms with E-state index in [4.69, 9.17) is 4.52 Å². The molecule has 9 nitrogen and oxygen atoms in total. The Balaban J connectivity index is 1.47. The lowest BCUT2D eigenvalue weighted by atomic mass is 9.93. The van der Waals surface area contributed by atoms with Crippen LogP contribution in [0.5, 0.6) is 0 Å². The van der Waals surface area contributed by atoms with E-state index in [2.05, 4.69) is 39.1 Å². The van der Waals surface area contributed by atoms with Crippen molar-refractivity contribution in [2.45, 2.75) is 65.8 Å². The third-order valence-electron chi connectivity index (χ3n) is 7.11. The summed E-state index contributed by atoms with van der Waals surface area (Å²) in [5, 5.41) is 16.5.